The van der Waals surface area contributed by atoms with Crippen molar-refractivity contribution in [1.82, 2.24) is 10.2 Å². The van der Waals surface area contributed by atoms with E-state index in [0.29, 0.717) is 26.4 Å². The van der Waals surface area contributed by atoms with Gasteiger partial charge in [-0.05, 0) is 30.5 Å². The molecule has 4 atom stereocenters. The van der Waals surface area contributed by atoms with Crippen molar-refractivity contribution < 1.29 is 18.9 Å². The Morgan fingerprint density at radius 3 is 1.73 bits per heavy atom. The largest absolute Gasteiger partial charge is 0.374 e. The molecule has 1 saturated heterocycles. The van der Waals surface area contributed by atoms with Crippen molar-refractivity contribution in [1.29, 1.82) is 0 Å². The molecule has 1 aliphatic rings. The van der Waals surface area contributed by atoms with E-state index in [1.807, 2.05) is 68.4 Å². The molecule has 5 rings (SSSR count). The van der Waals surface area contributed by atoms with E-state index in [1.165, 1.54) is 0 Å². The van der Waals surface area contributed by atoms with Gasteiger partial charge in [0.05, 0.1) is 32.1 Å². The monoisotopic (exact) mass is 498 g/mol. The maximum absolute atomic E-state index is 6.67. The summed E-state index contributed by atoms with van der Waals surface area (Å²) in [6, 6.07) is 30.5. The van der Waals surface area contributed by atoms with Gasteiger partial charge in [-0.1, -0.05) is 91.0 Å². The first-order valence-electron chi connectivity index (χ1n) is 12.8. The standard InChI is InChI=1S/C31H34N2O4/c1-22-28(23(2)33-32-22)30-31(36-20-26-16-10-5-11-17-26)29(35-19-25-14-8-4-9-15-25)27(37-30)21-34-18-24-12-6-3-7-13-24/h3-17,27,29-31H,18-21H2,1-2H3,(H,32,33)/t27-,29-,30+,31-/m1/s1. The number of nitrogens with one attached hydrogen (secondary N) is 1. The van der Waals surface area contributed by atoms with E-state index in [9.17, 15) is 0 Å². The van der Waals surface area contributed by atoms with Crippen molar-refractivity contribution in [2.45, 2.75) is 58.1 Å². The predicted octanol–water partition coefficient (Wildman–Crippen LogP) is 5.85. The van der Waals surface area contributed by atoms with E-state index in [1.54, 1.807) is 0 Å². The zero-order valence-electron chi connectivity index (χ0n) is 21.4. The number of rotatable bonds is 11. The minimum absolute atomic E-state index is 0.299. The van der Waals surface area contributed by atoms with Crippen molar-refractivity contribution in [2.24, 2.45) is 0 Å². The third-order valence-corrected chi connectivity index (χ3v) is 6.74. The molecule has 0 spiro atoms. The van der Waals surface area contributed by atoms with E-state index < -0.39 is 0 Å². The smallest absolute Gasteiger partial charge is 0.117 e. The quantitative estimate of drug-likeness (QED) is 0.281. The van der Waals surface area contributed by atoms with E-state index >= 15 is 0 Å². The summed E-state index contributed by atoms with van der Waals surface area (Å²) in [4.78, 5) is 0. The minimum atomic E-state index is -0.329. The topological polar surface area (TPSA) is 65.6 Å². The second-order valence-corrected chi connectivity index (χ2v) is 9.47. The number of hydrogen-bond donors (Lipinski definition) is 1. The van der Waals surface area contributed by atoms with Crippen molar-refractivity contribution in [3.05, 3.63) is 125 Å². The molecule has 3 aromatic carbocycles. The molecule has 1 N–H and O–H groups in total. The number of ether oxygens (including phenoxy) is 4. The van der Waals surface area contributed by atoms with Gasteiger partial charge in [0, 0.05) is 11.3 Å². The molecular weight excluding hydrogens is 464 g/mol. The van der Waals surface area contributed by atoms with E-state index in [2.05, 4.69) is 46.6 Å². The predicted molar refractivity (Wildman–Crippen MR) is 142 cm³/mol. The third-order valence-electron chi connectivity index (χ3n) is 6.74. The zero-order chi connectivity index (χ0) is 25.5. The van der Waals surface area contributed by atoms with Gasteiger partial charge in [0.1, 0.15) is 24.4 Å². The van der Waals surface area contributed by atoms with Gasteiger partial charge in [0.15, 0.2) is 0 Å². The van der Waals surface area contributed by atoms with Crippen molar-refractivity contribution >= 4 is 0 Å². The second-order valence-electron chi connectivity index (χ2n) is 9.47. The molecular formula is C31H34N2O4. The lowest BCUT2D eigenvalue weighted by atomic mass is 9.99. The third kappa shape index (κ3) is 6.35. The summed E-state index contributed by atoms with van der Waals surface area (Å²) in [5, 5.41) is 7.53. The molecule has 192 valence electrons. The Morgan fingerprint density at radius 2 is 1.22 bits per heavy atom. The highest BCUT2D eigenvalue weighted by molar-refractivity contribution is 5.29. The van der Waals surface area contributed by atoms with Crippen LogP contribution in [0.2, 0.25) is 0 Å². The molecule has 0 aliphatic carbocycles. The molecule has 37 heavy (non-hydrogen) atoms. The zero-order valence-corrected chi connectivity index (χ0v) is 21.4. The Labute approximate surface area is 218 Å². The van der Waals surface area contributed by atoms with Crippen LogP contribution in [0.4, 0.5) is 0 Å². The number of aryl methyl sites for hydroxylation is 2. The average Bonchev–Trinajstić information content (AvgIpc) is 3.45. The number of aromatic amines is 1. The average molecular weight is 499 g/mol. The first kappa shape index (κ1) is 25.4. The van der Waals surface area contributed by atoms with E-state index in [0.717, 1.165) is 33.6 Å². The van der Waals surface area contributed by atoms with Gasteiger partial charge in [0.25, 0.3) is 0 Å². The molecule has 1 fully saturated rings. The fraction of sp³-hybridized carbons (Fsp3) is 0.323. The number of nitrogens with zero attached hydrogens (tertiary/aromatic N) is 1. The van der Waals surface area contributed by atoms with Gasteiger partial charge in [0.2, 0.25) is 0 Å². The van der Waals surface area contributed by atoms with Crippen molar-refractivity contribution in [2.75, 3.05) is 6.61 Å². The molecule has 6 heteroatoms. The lowest BCUT2D eigenvalue weighted by Gasteiger charge is -2.25. The molecule has 6 nitrogen and oxygen atoms in total. The van der Waals surface area contributed by atoms with Crippen molar-refractivity contribution in [3.8, 4) is 0 Å². The molecule has 2 heterocycles. The first-order valence-corrected chi connectivity index (χ1v) is 12.8. The molecule has 4 aromatic rings. The van der Waals surface area contributed by atoms with Gasteiger partial charge in [-0.15, -0.1) is 0 Å². The van der Waals surface area contributed by atoms with Crippen LogP contribution in [0.15, 0.2) is 91.0 Å². The second kappa shape index (κ2) is 12.3. The Hall–Kier alpha value is -3.29. The molecule has 0 unspecified atom stereocenters. The van der Waals surface area contributed by atoms with Gasteiger partial charge < -0.3 is 18.9 Å². The molecule has 0 saturated carbocycles. The summed E-state index contributed by atoms with van der Waals surface area (Å²) in [6.07, 6.45) is -1.27. The molecule has 0 bridgehead atoms. The summed E-state index contributed by atoms with van der Waals surface area (Å²) in [7, 11) is 0. The summed E-state index contributed by atoms with van der Waals surface area (Å²) in [5.41, 5.74) is 6.24. The van der Waals surface area contributed by atoms with Crippen LogP contribution in [-0.2, 0) is 38.8 Å². The molecule has 0 radical (unpaired) electrons. The van der Waals surface area contributed by atoms with Crippen LogP contribution in [0, 0.1) is 13.8 Å². The highest BCUT2D eigenvalue weighted by Crippen LogP contribution is 2.40. The summed E-state index contributed by atoms with van der Waals surface area (Å²) in [6.45, 7) is 5.85. The normalized spacial score (nSPS) is 21.4. The summed E-state index contributed by atoms with van der Waals surface area (Å²) < 4.78 is 25.9. The number of aromatic nitrogens is 2. The molecule has 0 amide bonds. The SMILES string of the molecule is Cc1n[nH]c(C)c1[C@@H]1O[C@H](COCc2ccccc2)[C@@H](OCc2ccccc2)[C@H]1OCc1ccccc1. The van der Waals surface area contributed by atoms with Crippen LogP contribution < -0.4 is 0 Å². The Bertz CT molecular complexity index is 1210. The van der Waals surface area contributed by atoms with Gasteiger partial charge in [-0.25, -0.2) is 0 Å². The summed E-state index contributed by atoms with van der Waals surface area (Å²) >= 11 is 0. The fourth-order valence-corrected chi connectivity index (χ4v) is 4.86. The summed E-state index contributed by atoms with van der Waals surface area (Å²) in [5.74, 6) is 0. The van der Waals surface area contributed by atoms with E-state index in [4.69, 9.17) is 18.9 Å². The van der Waals surface area contributed by atoms with Crippen LogP contribution in [0.5, 0.6) is 0 Å². The van der Waals surface area contributed by atoms with Crippen LogP contribution >= 0.6 is 0 Å². The van der Waals surface area contributed by atoms with Gasteiger partial charge in [-0.3, -0.25) is 5.10 Å². The van der Waals surface area contributed by atoms with Gasteiger partial charge >= 0.3 is 0 Å². The van der Waals surface area contributed by atoms with Crippen LogP contribution in [0.3, 0.4) is 0 Å². The molecule has 1 aliphatic heterocycles. The Kier molecular flexibility index (Phi) is 8.43. The van der Waals surface area contributed by atoms with E-state index in [-0.39, 0.29) is 24.4 Å². The maximum atomic E-state index is 6.67. The highest BCUT2D eigenvalue weighted by atomic mass is 16.6. The van der Waals surface area contributed by atoms with Crippen LogP contribution in [0.1, 0.15) is 39.7 Å². The number of benzene rings is 3. The van der Waals surface area contributed by atoms with Gasteiger partial charge in [-0.2, -0.15) is 5.10 Å². The lowest BCUT2D eigenvalue weighted by Crippen LogP contribution is -2.38. The first-order chi connectivity index (χ1) is 18.2. The highest BCUT2D eigenvalue weighted by Gasteiger charge is 2.48. The minimum Gasteiger partial charge on any atom is -0.374 e. The molecule has 1 aromatic heterocycles. The Morgan fingerprint density at radius 1 is 0.703 bits per heavy atom. The number of H-pyrrole nitrogens is 1. The lowest BCUT2D eigenvalue weighted by molar-refractivity contribution is -0.0898. The number of hydrogen-bond acceptors (Lipinski definition) is 5. The van der Waals surface area contributed by atoms with Crippen LogP contribution in [0.25, 0.3) is 0 Å². The Balaban J connectivity index is 1.39. The maximum Gasteiger partial charge on any atom is 0.117 e. The van der Waals surface area contributed by atoms with Crippen LogP contribution in [-0.4, -0.2) is 35.1 Å². The van der Waals surface area contributed by atoms with Crippen molar-refractivity contribution in [3.63, 3.8) is 0 Å². The fourth-order valence-electron chi connectivity index (χ4n) is 4.86.